The standard InChI is InChI=1S/C9H21NO3.4CH4/c1-8(10)6-13-9(2)7-12-5-4-11-3;;;;/h8-9H,4-7,10H2,1-3H3;4*1H4. The maximum absolute atomic E-state index is 5.53. The lowest BCUT2D eigenvalue weighted by Crippen LogP contribution is -2.27. The van der Waals surface area contributed by atoms with Crippen LogP contribution in [0.15, 0.2) is 0 Å². The van der Waals surface area contributed by atoms with E-state index in [0.717, 1.165) is 0 Å². The normalized spacial score (nSPS) is 12.0. The molecule has 0 aromatic heterocycles. The molecule has 2 atom stereocenters. The second-order valence-electron chi connectivity index (χ2n) is 3.19. The number of methoxy groups -OCH3 is 1. The van der Waals surface area contributed by atoms with Crippen LogP contribution in [0.2, 0.25) is 0 Å². The summed E-state index contributed by atoms with van der Waals surface area (Å²) in [5.74, 6) is 0. The molecule has 0 aromatic rings. The first kappa shape index (κ1) is 30.1. The topological polar surface area (TPSA) is 53.7 Å². The van der Waals surface area contributed by atoms with E-state index in [1.807, 2.05) is 13.8 Å². The summed E-state index contributed by atoms with van der Waals surface area (Å²) >= 11 is 0. The van der Waals surface area contributed by atoms with Gasteiger partial charge in [0, 0.05) is 13.2 Å². The highest BCUT2D eigenvalue weighted by atomic mass is 16.5. The second-order valence-corrected chi connectivity index (χ2v) is 3.19. The fourth-order valence-corrected chi connectivity index (χ4v) is 0.756. The minimum absolute atomic E-state index is 0. The Bertz CT molecular complexity index is 111. The number of nitrogens with two attached hydrogens (primary N) is 1. The third-order valence-electron chi connectivity index (χ3n) is 1.43. The van der Waals surface area contributed by atoms with Crippen LogP contribution in [0.25, 0.3) is 0 Å². The molecular weight excluding hydrogens is 218 g/mol. The zero-order chi connectivity index (χ0) is 10.1. The van der Waals surface area contributed by atoms with Crippen LogP contribution in [0.1, 0.15) is 43.6 Å². The SMILES string of the molecule is C.C.C.C.COCCOCC(C)OCC(C)N. The smallest absolute Gasteiger partial charge is 0.0781 e. The Balaban J connectivity index is -0.000000120. The molecule has 2 N–H and O–H groups in total. The quantitative estimate of drug-likeness (QED) is 0.678. The molecule has 0 amide bonds. The second kappa shape index (κ2) is 21.2. The van der Waals surface area contributed by atoms with Crippen molar-refractivity contribution < 1.29 is 14.2 Å². The van der Waals surface area contributed by atoms with Crippen molar-refractivity contribution in [3.63, 3.8) is 0 Å². The summed E-state index contributed by atoms with van der Waals surface area (Å²) in [6.45, 7) is 6.29. The van der Waals surface area contributed by atoms with Crippen LogP contribution < -0.4 is 5.73 Å². The predicted octanol–water partition coefficient (Wildman–Crippen LogP) is 2.95. The maximum atomic E-state index is 5.53. The molecule has 4 heteroatoms. The summed E-state index contributed by atoms with van der Waals surface area (Å²) in [5, 5.41) is 0. The summed E-state index contributed by atoms with van der Waals surface area (Å²) in [6.07, 6.45) is 0.0999. The molecule has 4 nitrogen and oxygen atoms in total. The fraction of sp³-hybridized carbons (Fsp3) is 1.00. The first-order valence-corrected chi connectivity index (χ1v) is 4.60. The van der Waals surface area contributed by atoms with Crippen molar-refractivity contribution >= 4 is 0 Å². The van der Waals surface area contributed by atoms with Crippen molar-refractivity contribution in [2.45, 2.75) is 55.7 Å². The Kier molecular flexibility index (Phi) is 37.5. The maximum Gasteiger partial charge on any atom is 0.0781 e. The molecule has 0 heterocycles. The van der Waals surface area contributed by atoms with E-state index < -0.39 is 0 Å². The van der Waals surface area contributed by atoms with Crippen LogP contribution in [0, 0.1) is 0 Å². The first-order chi connectivity index (χ1) is 6.16. The Labute approximate surface area is 110 Å². The van der Waals surface area contributed by atoms with E-state index in [1.165, 1.54) is 0 Å². The molecule has 17 heavy (non-hydrogen) atoms. The largest absolute Gasteiger partial charge is 0.382 e. The van der Waals surface area contributed by atoms with Gasteiger partial charge in [-0.2, -0.15) is 0 Å². The Morgan fingerprint density at radius 2 is 1.47 bits per heavy atom. The van der Waals surface area contributed by atoms with Gasteiger partial charge in [-0.05, 0) is 13.8 Å². The van der Waals surface area contributed by atoms with Crippen molar-refractivity contribution in [3.8, 4) is 0 Å². The third-order valence-corrected chi connectivity index (χ3v) is 1.43. The molecule has 2 unspecified atom stereocenters. The molecule has 0 bridgehead atoms. The molecule has 112 valence electrons. The van der Waals surface area contributed by atoms with E-state index in [4.69, 9.17) is 19.9 Å². The lowest BCUT2D eigenvalue weighted by molar-refractivity contribution is -0.0212. The molecule has 0 aliphatic carbocycles. The molecular formula is C13H37NO3. The van der Waals surface area contributed by atoms with Crippen LogP contribution in [-0.4, -0.2) is 45.7 Å². The van der Waals surface area contributed by atoms with Crippen LogP contribution in [0.3, 0.4) is 0 Å². The van der Waals surface area contributed by atoms with Gasteiger partial charge in [-0.1, -0.05) is 29.7 Å². The third kappa shape index (κ3) is 25.8. The highest BCUT2D eigenvalue weighted by Gasteiger charge is 2.03. The highest BCUT2D eigenvalue weighted by Crippen LogP contribution is 1.93. The van der Waals surface area contributed by atoms with E-state index in [1.54, 1.807) is 7.11 Å². The zero-order valence-electron chi connectivity index (χ0n) is 8.79. The molecule has 0 aromatic carbocycles. The zero-order valence-corrected chi connectivity index (χ0v) is 8.79. The van der Waals surface area contributed by atoms with E-state index in [2.05, 4.69) is 0 Å². The number of rotatable bonds is 8. The van der Waals surface area contributed by atoms with Crippen LogP contribution in [0.4, 0.5) is 0 Å². The van der Waals surface area contributed by atoms with Gasteiger partial charge in [-0.15, -0.1) is 0 Å². The molecule has 0 spiro atoms. The monoisotopic (exact) mass is 255 g/mol. The fourth-order valence-electron chi connectivity index (χ4n) is 0.756. The summed E-state index contributed by atoms with van der Waals surface area (Å²) in [6, 6.07) is 0.0847. The van der Waals surface area contributed by atoms with Crippen molar-refractivity contribution in [3.05, 3.63) is 0 Å². The lowest BCUT2D eigenvalue weighted by Gasteiger charge is -2.14. The molecule has 0 aliphatic rings. The van der Waals surface area contributed by atoms with Gasteiger partial charge >= 0.3 is 0 Å². The average Bonchev–Trinajstić information content (AvgIpc) is 2.09. The van der Waals surface area contributed by atoms with Crippen LogP contribution in [0.5, 0.6) is 0 Å². The van der Waals surface area contributed by atoms with Gasteiger partial charge < -0.3 is 19.9 Å². The van der Waals surface area contributed by atoms with Gasteiger partial charge in [-0.3, -0.25) is 0 Å². The van der Waals surface area contributed by atoms with Crippen molar-refractivity contribution in [1.29, 1.82) is 0 Å². The predicted molar refractivity (Wildman–Crippen MR) is 78.7 cm³/mol. The minimum Gasteiger partial charge on any atom is -0.382 e. The number of ether oxygens (including phenoxy) is 3. The Morgan fingerprint density at radius 1 is 0.941 bits per heavy atom. The van der Waals surface area contributed by atoms with E-state index in [-0.39, 0.29) is 41.9 Å². The van der Waals surface area contributed by atoms with E-state index >= 15 is 0 Å². The Morgan fingerprint density at radius 3 is 1.88 bits per heavy atom. The van der Waals surface area contributed by atoms with Gasteiger partial charge in [-0.25, -0.2) is 0 Å². The molecule has 0 saturated carbocycles. The van der Waals surface area contributed by atoms with Gasteiger partial charge in [0.25, 0.3) is 0 Å². The highest BCUT2D eigenvalue weighted by molar-refractivity contribution is 4.53. The Hall–Kier alpha value is -0.160. The van der Waals surface area contributed by atoms with E-state index in [0.29, 0.717) is 26.4 Å². The van der Waals surface area contributed by atoms with Crippen LogP contribution in [-0.2, 0) is 14.2 Å². The molecule has 0 radical (unpaired) electrons. The van der Waals surface area contributed by atoms with E-state index in [9.17, 15) is 0 Å². The van der Waals surface area contributed by atoms with Crippen LogP contribution >= 0.6 is 0 Å². The lowest BCUT2D eigenvalue weighted by atomic mass is 10.4. The molecule has 0 saturated heterocycles. The van der Waals surface area contributed by atoms with Crippen molar-refractivity contribution in [2.75, 3.05) is 33.5 Å². The van der Waals surface area contributed by atoms with Gasteiger partial charge in [0.1, 0.15) is 0 Å². The van der Waals surface area contributed by atoms with Gasteiger partial charge in [0.05, 0.1) is 32.5 Å². The first-order valence-electron chi connectivity index (χ1n) is 4.60. The molecule has 0 aliphatic heterocycles. The summed E-state index contributed by atoms with van der Waals surface area (Å²) < 4.78 is 15.5. The summed E-state index contributed by atoms with van der Waals surface area (Å²) in [7, 11) is 1.65. The molecule has 0 fully saturated rings. The van der Waals surface area contributed by atoms with Crippen molar-refractivity contribution in [2.24, 2.45) is 5.73 Å². The summed E-state index contributed by atoms with van der Waals surface area (Å²) in [5.41, 5.74) is 5.53. The van der Waals surface area contributed by atoms with Gasteiger partial charge in [0.2, 0.25) is 0 Å². The molecule has 0 rings (SSSR count). The minimum atomic E-state index is 0. The average molecular weight is 255 g/mol. The summed E-state index contributed by atoms with van der Waals surface area (Å²) in [4.78, 5) is 0. The number of hydrogen-bond donors (Lipinski definition) is 1. The van der Waals surface area contributed by atoms with Gasteiger partial charge in [0.15, 0.2) is 0 Å². The van der Waals surface area contributed by atoms with Crippen molar-refractivity contribution in [1.82, 2.24) is 0 Å². The number of hydrogen-bond acceptors (Lipinski definition) is 4.